The summed E-state index contributed by atoms with van der Waals surface area (Å²) in [4.78, 5) is 10.7. The second-order valence-corrected chi connectivity index (χ2v) is 5.75. The van der Waals surface area contributed by atoms with E-state index in [2.05, 4.69) is 10.4 Å². The van der Waals surface area contributed by atoms with Gasteiger partial charge in [0.1, 0.15) is 5.69 Å². The van der Waals surface area contributed by atoms with Gasteiger partial charge in [0, 0.05) is 24.6 Å². The summed E-state index contributed by atoms with van der Waals surface area (Å²) in [5, 5.41) is 27.6. The Morgan fingerprint density at radius 1 is 1.53 bits per heavy atom. The van der Waals surface area contributed by atoms with Crippen LogP contribution in [0.25, 0.3) is 0 Å². The van der Waals surface area contributed by atoms with E-state index in [9.17, 15) is 15.2 Å². The van der Waals surface area contributed by atoms with Crippen LogP contribution in [0.15, 0.2) is 0 Å². The Labute approximate surface area is 112 Å². The van der Waals surface area contributed by atoms with E-state index in [1.54, 1.807) is 11.6 Å². The van der Waals surface area contributed by atoms with E-state index >= 15 is 0 Å². The van der Waals surface area contributed by atoms with Gasteiger partial charge in [0.05, 0.1) is 4.92 Å². The third kappa shape index (κ3) is 3.44. The summed E-state index contributed by atoms with van der Waals surface area (Å²) in [6.45, 7) is 9.66. The third-order valence-electron chi connectivity index (χ3n) is 2.89. The largest absolute Gasteiger partial charge is 0.396 e. The molecule has 0 amide bonds. The van der Waals surface area contributed by atoms with Gasteiger partial charge in [0.25, 0.3) is 0 Å². The van der Waals surface area contributed by atoms with Gasteiger partial charge in [-0.1, -0.05) is 13.8 Å². The van der Waals surface area contributed by atoms with Crippen molar-refractivity contribution in [3.8, 4) is 0 Å². The average molecular weight is 270 g/mol. The van der Waals surface area contributed by atoms with E-state index in [0.29, 0.717) is 18.1 Å². The molecule has 0 fully saturated rings. The highest BCUT2D eigenvalue weighted by molar-refractivity contribution is 5.59. The monoisotopic (exact) mass is 270 g/mol. The van der Waals surface area contributed by atoms with Crippen molar-refractivity contribution in [2.75, 3.05) is 18.5 Å². The quantitative estimate of drug-likeness (QED) is 0.610. The number of aromatic nitrogens is 2. The predicted molar refractivity (Wildman–Crippen MR) is 73.4 cm³/mol. The highest BCUT2D eigenvalue weighted by Gasteiger charge is 2.28. The molecule has 0 bridgehead atoms. The molecule has 0 aliphatic rings. The van der Waals surface area contributed by atoms with E-state index in [1.807, 2.05) is 27.7 Å². The lowest BCUT2D eigenvalue weighted by Gasteiger charge is -2.23. The zero-order valence-electron chi connectivity index (χ0n) is 12.1. The Balaban J connectivity index is 3.12. The highest BCUT2D eigenvalue weighted by atomic mass is 16.6. The standard InChI is InChI=1S/C12H22N4O3/c1-8(2)15-11(13-6-12(4,5)7-17)10(16(18)19)9(3)14-15/h8,13,17H,6-7H2,1-5H3. The predicted octanol–water partition coefficient (Wildman–Crippen LogP) is 2.11. The fourth-order valence-electron chi connectivity index (χ4n) is 1.67. The molecule has 0 aromatic carbocycles. The Kier molecular flexibility index (Phi) is 4.52. The fraction of sp³-hybridized carbons (Fsp3) is 0.750. The minimum Gasteiger partial charge on any atom is -0.396 e. The van der Waals surface area contributed by atoms with Crippen LogP contribution in [0.4, 0.5) is 11.5 Å². The van der Waals surface area contributed by atoms with Crippen molar-refractivity contribution in [3.05, 3.63) is 15.8 Å². The minimum atomic E-state index is -0.421. The van der Waals surface area contributed by atoms with E-state index < -0.39 is 4.92 Å². The summed E-state index contributed by atoms with van der Waals surface area (Å²) >= 11 is 0. The summed E-state index contributed by atoms with van der Waals surface area (Å²) in [7, 11) is 0. The molecule has 0 spiro atoms. The van der Waals surface area contributed by atoms with Gasteiger partial charge in [-0.05, 0) is 20.8 Å². The maximum Gasteiger partial charge on any atom is 0.333 e. The lowest BCUT2D eigenvalue weighted by Crippen LogP contribution is -2.28. The van der Waals surface area contributed by atoms with Crippen molar-refractivity contribution in [2.24, 2.45) is 5.41 Å². The number of nitro groups is 1. The first-order valence-corrected chi connectivity index (χ1v) is 6.28. The molecule has 0 atom stereocenters. The Bertz CT molecular complexity index is 466. The third-order valence-corrected chi connectivity index (χ3v) is 2.89. The molecule has 0 aliphatic carbocycles. The number of aliphatic hydroxyl groups is 1. The van der Waals surface area contributed by atoms with E-state index in [4.69, 9.17) is 0 Å². The molecule has 0 unspecified atom stereocenters. The van der Waals surface area contributed by atoms with Crippen molar-refractivity contribution in [3.63, 3.8) is 0 Å². The Morgan fingerprint density at radius 2 is 2.11 bits per heavy atom. The number of aryl methyl sites for hydroxylation is 1. The molecule has 7 nitrogen and oxygen atoms in total. The van der Waals surface area contributed by atoms with Crippen LogP contribution in [0, 0.1) is 22.5 Å². The number of hydrogen-bond acceptors (Lipinski definition) is 5. The van der Waals surface area contributed by atoms with E-state index in [-0.39, 0.29) is 23.8 Å². The molecule has 1 aromatic rings. The molecule has 2 N–H and O–H groups in total. The SMILES string of the molecule is Cc1nn(C(C)C)c(NCC(C)(C)CO)c1[N+](=O)[O-]. The smallest absolute Gasteiger partial charge is 0.333 e. The summed E-state index contributed by atoms with van der Waals surface area (Å²) in [5.74, 6) is 0.402. The zero-order valence-corrected chi connectivity index (χ0v) is 12.1. The van der Waals surface area contributed by atoms with Crippen LogP contribution in [-0.4, -0.2) is 33.0 Å². The lowest BCUT2D eigenvalue weighted by molar-refractivity contribution is -0.384. The molecule has 0 radical (unpaired) electrons. The number of nitrogens with one attached hydrogen (secondary N) is 1. The summed E-state index contributed by atoms with van der Waals surface area (Å²) < 4.78 is 1.61. The first-order valence-electron chi connectivity index (χ1n) is 6.28. The van der Waals surface area contributed by atoms with E-state index in [0.717, 1.165) is 0 Å². The maximum absolute atomic E-state index is 11.1. The Morgan fingerprint density at radius 3 is 2.53 bits per heavy atom. The molecule has 1 rings (SSSR count). The van der Waals surface area contributed by atoms with Gasteiger partial charge in [0.15, 0.2) is 0 Å². The summed E-state index contributed by atoms with van der Waals surface area (Å²) in [5.41, 5.74) is 0.0406. The topological polar surface area (TPSA) is 93.2 Å². The molecule has 0 saturated heterocycles. The molecule has 1 aromatic heterocycles. The van der Waals surface area contributed by atoms with Crippen LogP contribution < -0.4 is 5.32 Å². The van der Waals surface area contributed by atoms with Crippen molar-refractivity contribution >= 4 is 11.5 Å². The van der Waals surface area contributed by atoms with Crippen LogP contribution in [0.1, 0.15) is 39.4 Å². The lowest BCUT2D eigenvalue weighted by atomic mass is 9.95. The van der Waals surface area contributed by atoms with E-state index in [1.165, 1.54) is 0 Å². The van der Waals surface area contributed by atoms with Crippen LogP contribution >= 0.6 is 0 Å². The van der Waals surface area contributed by atoms with Crippen LogP contribution in [0.5, 0.6) is 0 Å². The number of aliphatic hydroxyl groups excluding tert-OH is 1. The molecular weight excluding hydrogens is 248 g/mol. The van der Waals surface area contributed by atoms with Gasteiger partial charge in [-0.3, -0.25) is 10.1 Å². The first kappa shape index (κ1) is 15.4. The second-order valence-electron chi connectivity index (χ2n) is 5.75. The van der Waals surface area contributed by atoms with Gasteiger partial charge >= 0.3 is 5.69 Å². The van der Waals surface area contributed by atoms with Crippen molar-refractivity contribution in [1.82, 2.24) is 9.78 Å². The van der Waals surface area contributed by atoms with Gasteiger partial charge < -0.3 is 10.4 Å². The number of anilines is 1. The molecule has 0 saturated carbocycles. The van der Waals surface area contributed by atoms with Crippen LogP contribution in [0.3, 0.4) is 0 Å². The van der Waals surface area contributed by atoms with Gasteiger partial charge in [0.2, 0.25) is 5.82 Å². The van der Waals surface area contributed by atoms with Crippen LogP contribution in [-0.2, 0) is 0 Å². The Hall–Kier alpha value is -1.63. The first-order chi connectivity index (χ1) is 8.69. The van der Waals surface area contributed by atoms with Gasteiger partial charge in [-0.2, -0.15) is 5.10 Å². The summed E-state index contributed by atoms with van der Waals surface area (Å²) in [6.07, 6.45) is 0. The molecule has 108 valence electrons. The molecule has 1 heterocycles. The van der Waals surface area contributed by atoms with Crippen molar-refractivity contribution in [1.29, 1.82) is 0 Å². The number of rotatable bonds is 6. The number of hydrogen-bond donors (Lipinski definition) is 2. The maximum atomic E-state index is 11.1. The zero-order chi connectivity index (χ0) is 14.8. The van der Waals surface area contributed by atoms with Gasteiger partial charge in [-0.15, -0.1) is 0 Å². The van der Waals surface area contributed by atoms with Gasteiger partial charge in [-0.25, -0.2) is 4.68 Å². The average Bonchev–Trinajstić information content (AvgIpc) is 2.64. The second kappa shape index (κ2) is 5.56. The fourth-order valence-corrected chi connectivity index (χ4v) is 1.67. The van der Waals surface area contributed by atoms with Crippen molar-refractivity contribution in [2.45, 2.75) is 40.7 Å². The number of nitrogens with zero attached hydrogens (tertiary/aromatic N) is 3. The molecular formula is C12H22N4O3. The highest BCUT2D eigenvalue weighted by Crippen LogP contribution is 2.31. The summed E-state index contributed by atoms with van der Waals surface area (Å²) in [6, 6.07) is 0.0205. The van der Waals surface area contributed by atoms with Crippen molar-refractivity contribution < 1.29 is 10.0 Å². The normalized spacial score (nSPS) is 11.9. The minimum absolute atomic E-state index is 0.00226. The molecule has 19 heavy (non-hydrogen) atoms. The van der Waals surface area contributed by atoms with Crippen LogP contribution in [0.2, 0.25) is 0 Å². The molecule has 7 heteroatoms. The molecule has 0 aliphatic heterocycles.